The van der Waals surface area contributed by atoms with Gasteiger partial charge >= 0.3 is 0 Å². The average Bonchev–Trinajstić information content (AvgIpc) is 3.39. The standard InChI is InChI=1S/C28H36FN5O4/c1-18(36-14-15-38-25-12-4-5-13-37-25)16-23(30)26-32-24-11-7-10-22(24)27(33-26)34(3)19(2)28(35)31-21-9-6-8-20(29)17-21/h6,8-9,16-17,19,25,30H,4-5,7,10-15H2,1-3H3,(H,31,35)/b18-16+,30-23?. The zero-order chi connectivity index (χ0) is 27.1. The lowest BCUT2D eigenvalue weighted by Gasteiger charge is -2.27. The van der Waals surface area contributed by atoms with Crippen LogP contribution >= 0.6 is 0 Å². The molecule has 1 aromatic heterocycles. The molecule has 9 nitrogen and oxygen atoms in total. The number of carbonyl (C=O) groups is 1. The number of likely N-dealkylation sites (N-methyl/N-ethyl adjacent to an activating group) is 1. The Labute approximate surface area is 222 Å². The van der Waals surface area contributed by atoms with Crippen LogP contribution in [0.25, 0.3) is 0 Å². The van der Waals surface area contributed by atoms with Gasteiger partial charge in [-0.1, -0.05) is 6.07 Å². The fraction of sp³-hybridized carbons (Fsp3) is 0.500. The molecule has 1 aliphatic carbocycles. The summed E-state index contributed by atoms with van der Waals surface area (Å²) in [7, 11) is 1.80. The Hall–Kier alpha value is -3.37. The van der Waals surface area contributed by atoms with Gasteiger partial charge in [-0.2, -0.15) is 0 Å². The molecule has 2 aromatic rings. The van der Waals surface area contributed by atoms with Crippen molar-refractivity contribution in [3.05, 3.63) is 59.0 Å². The lowest BCUT2D eigenvalue weighted by molar-refractivity contribution is -0.167. The van der Waals surface area contributed by atoms with Gasteiger partial charge in [-0.25, -0.2) is 14.4 Å². The van der Waals surface area contributed by atoms with Crippen LogP contribution in [0.1, 0.15) is 56.6 Å². The van der Waals surface area contributed by atoms with Crippen molar-refractivity contribution in [2.45, 2.75) is 64.7 Å². The first-order chi connectivity index (χ1) is 18.3. The summed E-state index contributed by atoms with van der Waals surface area (Å²) in [6.45, 7) is 5.04. The number of allylic oxidation sites excluding steroid dienone is 2. The van der Waals surface area contributed by atoms with Gasteiger partial charge in [0.1, 0.15) is 30.0 Å². The Bertz CT molecular complexity index is 1180. The molecule has 2 atom stereocenters. The Morgan fingerprint density at radius 3 is 2.89 bits per heavy atom. The third-order valence-electron chi connectivity index (χ3n) is 6.74. The van der Waals surface area contributed by atoms with Crippen molar-refractivity contribution < 1.29 is 23.4 Å². The Morgan fingerprint density at radius 2 is 2.13 bits per heavy atom. The number of fused-ring (bicyclic) bond motifs is 1. The molecule has 0 spiro atoms. The number of carbonyl (C=O) groups excluding carboxylic acids is 1. The Morgan fingerprint density at radius 1 is 1.29 bits per heavy atom. The van der Waals surface area contributed by atoms with Gasteiger partial charge in [0.25, 0.3) is 0 Å². The highest BCUT2D eigenvalue weighted by atomic mass is 19.1. The van der Waals surface area contributed by atoms with Crippen LogP contribution in [0.2, 0.25) is 0 Å². The number of nitrogens with one attached hydrogen (secondary N) is 2. The maximum Gasteiger partial charge on any atom is 0.246 e. The van der Waals surface area contributed by atoms with Crippen LogP contribution in [0.3, 0.4) is 0 Å². The van der Waals surface area contributed by atoms with Gasteiger partial charge < -0.3 is 24.4 Å². The number of aryl methyl sites for hydroxylation is 1. The second-order valence-corrected chi connectivity index (χ2v) is 9.62. The lowest BCUT2D eigenvalue weighted by atomic mass is 10.1. The second-order valence-electron chi connectivity index (χ2n) is 9.62. The first-order valence-corrected chi connectivity index (χ1v) is 13.1. The average molecular weight is 526 g/mol. The number of anilines is 2. The van der Waals surface area contributed by atoms with E-state index in [2.05, 4.69) is 15.3 Å². The largest absolute Gasteiger partial charge is 0.496 e. The van der Waals surface area contributed by atoms with Gasteiger partial charge in [0.15, 0.2) is 12.1 Å². The number of nitrogens with zero attached hydrogens (tertiary/aromatic N) is 3. The summed E-state index contributed by atoms with van der Waals surface area (Å²) in [4.78, 5) is 24.0. The van der Waals surface area contributed by atoms with Crippen LogP contribution in [0.5, 0.6) is 0 Å². The van der Waals surface area contributed by atoms with Crippen molar-refractivity contribution in [3.8, 4) is 0 Å². The zero-order valence-electron chi connectivity index (χ0n) is 22.3. The van der Waals surface area contributed by atoms with Crippen LogP contribution in [0.4, 0.5) is 15.9 Å². The van der Waals surface area contributed by atoms with Gasteiger partial charge in [-0.05, 0) is 70.6 Å². The van der Waals surface area contributed by atoms with Gasteiger partial charge in [0.2, 0.25) is 5.91 Å². The van der Waals surface area contributed by atoms with Crippen molar-refractivity contribution in [1.29, 1.82) is 5.41 Å². The smallest absolute Gasteiger partial charge is 0.246 e. The fourth-order valence-corrected chi connectivity index (χ4v) is 4.53. The molecule has 10 heteroatoms. The van der Waals surface area contributed by atoms with Crippen LogP contribution in [-0.2, 0) is 31.8 Å². The van der Waals surface area contributed by atoms with Crippen molar-refractivity contribution in [2.75, 3.05) is 37.1 Å². The minimum Gasteiger partial charge on any atom is -0.496 e. The van der Waals surface area contributed by atoms with Gasteiger partial charge in [-0.3, -0.25) is 10.2 Å². The third-order valence-corrected chi connectivity index (χ3v) is 6.74. The predicted octanol–water partition coefficient (Wildman–Crippen LogP) is 4.40. The summed E-state index contributed by atoms with van der Waals surface area (Å²) in [6, 6.07) is 5.20. The molecular formula is C28H36FN5O4. The Balaban J connectivity index is 1.41. The fourth-order valence-electron chi connectivity index (χ4n) is 4.53. The molecule has 38 heavy (non-hydrogen) atoms. The maximum atomic E-state index is 13.5. The molecule has 2 aliphatic rings. The molecule has 0 radical (unpaired) electrons. The number of hydrogen-bond acceptors (Lipinski definition) is 8. The van der Waals surface area contributed by atoms with E-state index in [4.69, 9.17) is 19.6 Å². The van der Waals surface area contributed by atoms with Crippen LogP contribution in [0.15, 0.2) is 36.1 Å². The van der Waals surface area contributed by atoms with Gasteiger partial charge in [0.05, 0.1) is 12.4 Å². The summed E-state index contributed by atoms with van der Waals surface area (Å²) >= 11 is 0. The topological polar surface area (TPSA) is 110 Å². The molecule has 0 saturated carbocycles. The summed E-state index contributed by atoms with van der Waals surface area (Å²) in [6.07, 6.45) is 7.05. The van der Waals surface area contributed by atoms with E-state index in [1.54, 1.807) is 44.0 Å². The number of benzene rings is 1. The number of ether oxygens (including phenoxy) is 3. The van der Waals surface area contributed by atoms with Crippen molar-refractivity contribution in [3.63, 3.8) is 0 Å². The van der Waals surface area contributed by atoms with E-state index in [-0.39, 0.29) is 23.7 Å². The van der Waals surface area contributed by atoms with Gasteiger partial charge in [-0.15, -0.1) is 0 Å². The normalized spacial score (nSPS) is 18.0. The van der Waals surface area contributed by atoms with E-state index in [1.165, 1.54) is 12.1 Å². The van der Waals surface area contributed by atoms with E-state index >= 15 is 0 Å². The quantitative estimate of drug-likeness (QED) is 0.254. The number of aromatic nitrogens is 2. The monoisotopic (exact) mass is 525 g/mol. The molecule has 1 saturated heterocycles. The van der Waals surface area contributed by atoms with Crippen LogP contribution in [-0.4, -0.2) is 60.8 Å². The molecule has 2 unspecified atom stereocenters. The SMILES string of the molecule is C/C(=C\C(=N)c1nc2c(c(N(C)C(C)C(=O)Nc3cccc(F)c3)n1)CCC2)OCCOC1CCCCO1. The van der Waals surface area contributed by atoms with Crippen LogP contribution in [0, 0.1) is 11.2 Å². The zero-order valence-corrected chi connectivity index (χ0v) is 22.3. The molecule has 4 rings (SSSR count). The predicted molar refractivity (Wildman–Crippen MR) is 143 cm³/mol. The van der Waals surface area contributed by atoms with E-state index in [1.807, 2.05) is 0 Å². The van der Waals surface area contributed by atoms with E-state index in [0.717, 1.165) is 56.4 Å². The third kappa shape index (κ3) is 7.14. The Kier molecular flexibility index (Phi) is 9.41. The number of rotatable bonds is 11. The highest BCUT2D eigenvalue weighted by Crippen LogP contribution is 2.30. The lowest BCUT2D eigenvalue weighted by Crippen LogP contribution is -2.41. The summed E-state index contributed by atoms with van der Waals surface area (Å²) < 4.78 is 30.5. The highest BCUT2D eigenvalue weighted by Gasteiger charge is 2.27. The van der Waals surface area contributed by atoms with Crippen molar-refractivity contribution in [2.24, 2.45) is 0 Å². The first-order valence-electron chi connectivity index (χ1n) is 13.1. The molecule has 2 heterocycles. The molecule has 1 aromatic carbocycles. The minimum atomic E-state index is -0.589. The molecule has 0 bridgehead atoms. The molecule has 1 fully saturated rings. The number of hydrogen-bond donors (Lipinski definition) is 2. The van der Waals surface area contributed by atoms with E-state index < -0.39 is 11.9 Å². The molecule has 204 valence electrons. The molecule has 2 N–H and O–H groups in total. The highest BCUT2D eigenvalue weighted by molar-refractivity contribution is 6.04. The molecule has 1 aliphatic heterocycles. The second kappa shape index (κ2) is 12.9. The minimum absolute atomic E-state index is 0.125. The van der Waals surface area contributed by atoms with E-state index in [9.17, 15) is 9.18 Å². The summed E-state index contributed by atoms with van der Waals surface area (Å²) in [5.74, 6) is 0.760. The van der Waals surface area contributed by atoms with Crippen molar-refractivity contribution >= 4 is 23.1 Å². The van der Waals surface area contributed by atoms with Crippen LogP contribution < -0.4 is 10.2 Å². The number of amides is 1. The van der Waals surface area contributed by atoms with Crippen molar-refractivity contribution in [1.82, 2.24) is 9.97 Å². The molecule has 1 amide bonds. The molecular weight excluding hydrogens is 489 g/mol. The summed E-state index contributed by atoms with van der Waals surface area (Å²) in [5.41, 5.74) is 2.41. The van der Waals surface area contributed by atoms with Gasteiger partial charge in [0, 0.05) is 36.7 Å². The number of halogens is 1. The van der Waals surface area contributed by atoms with E-state index in [0.29, 0.717) is 30.5 Å². The summed E-state index contributed by atoms with van der Waals surface area (Å²) in [5, 5.41) is 11.4. The maximum absolute atomic E-state index is 13.5. The first kappa shape index (κ1) is 27.7.